The molecule has 0 spiro atoms. The summed E-state index contributed by atoms with van der Waals surface area (Å²) >= 11 is 0. The number of alkyl halides is 1. The largest absolute Gasteiger partial charge is 0.340 e. The van der Waals surface area contributed by atoms with E-state index in [1.807, 2.05) is 29.7 Å². The molecule has 3 heterocycles. The van der Waals surface area contributed by atoms with E-state index in [0.29, 0.717) is 38.4 Å². The first-order valence-corrected chi connectivity index (χ1v) is 7.68. The maximum Gasteiger partial charge on any atom is 0.340 e. The molecular weight excluding hydrogens is 301 g/mol. The van der Waals surface area contributed by atoms with Gasteiger partial charge in [0.15, 0.2) is 0 Å². The number of rotatable bonds is 6. The van der Waals surface area contributed by atoms with Gasteiger partial charge in [-0.3, -0.25) is 19.5 Å². The smallest absolute Gasteiger partial charge is 0.297 e. The van der Waals surface area contributed by atoms with Crippen molar-refractivity contribution in [1.82, 2.24) is 34.8 Å². The molecule has 1 fully saturated rings. The van der Waals surface area contributed by atoms with E-state index in [9.17, 15) is 9.18 Å². The van der Waals surface area contributed by atoms with Crippen LogP contribution in [0.15, 0.2) is 17.1 Å². The fourth-order valence-corrected chi connectivity index (χ4v) is 3.13. The zero-order chi connectivity index (χ0) is 16.4. The van der Waals surface area contributed by atoms with Crippen LogP contribution in [0.2, 0.25) is 0 Å². The van der Waals surface area contributed by atoms with Crippen molar-refractivity contribution >= 4 is 0 Å². The van der Waals surface area contributed by atoms with Crippen LogP contribution in [-0.2, 0) is 20.1 Å². The summed E-state index contributed by atoms with van der Waals surface area (Å²) in [6.07, 6.45) is 1.49. The fraction of sp³-hybridized carbons (Fsp3) is 0.643. The minimum absolute atomic E-state index is 0.135. The second-order valence-corrected chi connectivity index (χ2v) is 6.18. The monoisotopic (exact) mass is 323 g/mol. The summed E-state index contributed by atoms with van der Waals surface area (Å²) < 4.78 is 15.7. The third-order valence-electron chi connectivity index (χ3n) is 4.26. The van der Waals surface area contributed by atoms with Crippen molar-refractivity contribution in [1.29, 1.82) is 0 Å². The van der Waals surface area contributed by atoms with Gasteiger partial charge in [-0.05, 0) is 19.5 Å². The number of H-pyrrole nitrogens is 2. The molecule has 1 aliphatic heterocycles. The van der Waals surface area contributed by atoms with Crippen LogP contribution in [0.3, 0.4) is 0 Å². The first kappa shape index (κ1) is 15.9. The summed E-state index contributed by atoms with van der Waals surface area (Å²) in [7, 11) is 3.84. The number of hydrogen-bond donors (Lipinski definition) is 2. The number of nitrogens with zero attached hydrogens (tertiary/aromatic N) is 5. The molecule has 0 bridgehead atoms. The maximum atomic E-state index is 13.9. The highest BCUT2D eigenvalue weighted by Gasteiger charge is 2.33. The van der Waals surface area contributed by atoms with Gasteiger partial charge in [-0.25, -0.2) is 14.3 Å². The molecule has 2 aromatic heterocycles. The summed E-state index contributed by atoms with van der Waals surface area (Å²) in [5, 5.41) is 10.4. The van der Waals surface area contributed by atoms with Crippen molar-refractivity contribution in [2.75, 3.05) is 20.1 Å². The molecule has 0 aliphatic carbocycles. The van der Waals surface area contributed by atoms with Crippen LogP contribution in [0.4, 0.5) is 4.39 Å². The van der Waals surface area contributed by atoms with Crippen LogP contribution in [-0.4, -0.2) is 67.1 Å². The van der Waals surface area contributed by atoms with E-state index >= 15 is 0 Å². The highest BCUT2D eigenvalue weighted by Crippen LogP contribution is 2.23. The molecule has 0 unspecified atom stereocenters. The number of hydrogen-bond acceptors (Lipinski definition) is 5. The molecular formula is C14H22FN7O. The topological polar surface area (TPSA) is 85.8 Å². The Labute approximate surface area is 133 Å². The Morgan fingerprint density at radius 2 is 2.35 bits per heavy atom. The zero-order valence-corrected chi connectivity index (χ0v) is 13.4. The van der Waals surface area contributed by atoms with Crippen LogP contribution in [0.5, 0.6) is 0 Å². The SMILES string of the molecule is CN(Cc1n[nH]c(=O)[nH]1)C[C@@H]1C[C@H](F)CN1Cc1ccnn1C. The second-order valence-electron chi connectivity index (χ2n) is 6.18. The van der Waals surface area contributed by atoms with Gasteiger partial charge in [0.25, 0.3) is 0 Å². The molecule has 23 heavy (non-hydrogen) atoms. The van der Waals surface area contributed by atoms with Gasteiger partial charge in [0.05, 0.1) is 12.2 Å². The first-order chi connectivity index (χ1) is 11.0. The van der Waals surface area contributed by atoms with Gasteiger partial charge >= 0.3 is 5.69 Å². The summed E-state index contributed by atoms with van der Waals surface area (Å²) in [6, 6.07) is 2.09. The van der Waals surface area contributed by atoms with Crippen LogP contribution in [0.1, 0.15) is 17.9 Å². The molecule has 1 aliphatic rings. The summed E-state index contributed by atoms with van der Waals surface area (Å²) in [4.78, 5) is 17.9. The lowest BCUT2D eigenvalue weighted by atomic mass is 10.2. The molecule has 0 aromatic carbocycles. The van der Waals surface area contributed by atoms with Gasteiger partial charge in [0.2, 0.25) is 0 Å². The minimum Gasteiger partial charge on any atom is -0.297 e. The molecule has 0 amide bonds. The molecule has 1 saturated heterocycles. The lowest BCUT2D eigenvalue weighted by Gasteiger charge is -2.27. The number of aromatic amines is 2. The van der Waals surface area contributed by atoms with Gasteiger partial charge in [0, 0.05) is 38.9 Å². The summed E-state index contributed by atoms with van der Waals surface area (Å²) in [6.45, 7) is 2.37. The van der Waals surface area contributed by atoms with Crippen LogP contribution >= 0.6 is 0 Å². The van der Waals surface area contributed by atoms with Gasteiger partial charge in [0.1, 0.15) is 12.0 Å². The standard InChI is InChI=1S/C14H22FN7O/c1-20(9-13-17-14(23)19-18-13)7-12-5-10(15)6-22(12)8-11-3-4-16-21(11)2/h3-4,10,12H,5-9H2,1-2H3,(H2,17,18,19,23)/t10-,12-/m0/s1. The van der Waals surface area contributed by atoms with Gasteiger partial charge in [-0.1, -0.05) is 0 Å². The quantitative estimate of drug-likeness (QED) is 0.774. The van der Waals surface area contributed by atoms with E-state index in [4.69, 9.17) is 0 Å². The van der Waals surface area contributed by atoms with Crippen LogP contribution in [0, 0.1) is 0 Å². The number of halogens is 1. The van der Waals surface area contributed by atoms with E-state index in [0.717, 1.165) is 5.69 Å². The van der Waals surface area contributed by atoms with Crippen molar-refractivity contribution in [2.45, 2.75) is 31.7 Å². The van der Waals surface area contributed by atoms with Gasteiger partial charge in [-0.2, -0.15) is 10.2 Å². The van der Waals surface area contributed by atoms with Crippen molar-refractivity contribution < 1.29 is 4.39 Å². The van der Waals surface area contributed by atoms with Crippen molar-refractivity contribution in [3.63, 3.8) is 0 Å². The lowest BCUT2D eigenvalue weighted by molar-refractivity contribution is 0.176. The third kappa shape index (κ3) is 3.85. The summed E-state index contributed by atoms with van der Waals surface area (Å²) in [5.74, 6) is 0.588. The van der Waals surface area contributed by atoms with Crippen molar-refractivity contribution in [3.8, 4) is 0 Å². The average Bonchev–Trinajstić information content (AvgIpc) is 3.15. The Bertz CT molecular complexity index is 693. The van der Waals surface area contributed by atoms with E-state index in [1.165, 1.54) is 0 Å². The van der Waals surface area contributed by atoms with Gasteiger partial charge < -0.3 is 0 Å². The number of aromatic nitrogens is 5. The third-order valence-corrected chi connectivity index (χ3v) is 4.26. The molecule has 2 N–H and O–H groups in total. The zero-order valence-electron chi connectivity index (χ0n) is 13.4. The summed E-state index contributed by atoms with van der Waals surface area (Å²) in [5.41, 5.74) is 0.763. The first-order valence-electron chi connectivity index (χ1n) is 7.68. The highest BCUT2D eigenvalue weighted by molar-refractivity contribution is 5.02. The molecule has 2 aromatic rings. The predicted molar refractivity (Wildman–Crippen MR) is 82.5 cm³/mol. The molecule has 9 heteroatoms. The van der Waals surface area contributed by atoms with E-state index < -0.39 is 6.17 Å². The van der Waals surface area contributed by atoms with E-state index in [2.05, 4.69) is 25.2 Å². The number of likely N-dealkylation sites (tertiary alicyclic amines) is 1. The van der Waals surface area contributed by atoms with E-state index in [1.54, 1.807) is 6.20 Å². The minimum atomic E-state index is -0.799. The Kier molecular flexibility index (Phi) is 4.58. The number of nitrogens with one attached hydrogen (secondary N) is 2. The highest BCUT2D eigenvalue weighted by atomic mass is 19.1. The normalized spacial score (nSPS) is 22.3. The second kappa shape index (κ2) is 6.63. The van der Waals surface area contributed by atoms with Crippen molar-refractivity contribution in [2.24, 2.45) is 7.05 Å². The predicted octanol–water partition coefficient (Wildman–Crippen LogP) is -0.124. The molecule has 0 radical (unpaired) electrons. The Balaban J connectivity index is 1.60. The lowest BCUT2D eigenvalue weighted by Crippen LogP contribution is -2.38. The molecule has 2 atom stereocenters. The van der Waals surface area contributed by atoms with E-state index in [-0.39, 0.29) is 11.7 Å². The Hall–Kier alpha value is -2.00. The molecule has 0 saturated carbocycles. The fourth-order valence-electron chi connectivity index (χ4n) is 3.13. The molecule has 126 valence electrons. The molecule has 3 rings (SSSR count). The van der Waals surface area contributed by atoms with Crippen LogP contribution < -0.4 is 5.69 Å². The number of aryl methyl sites for hydroxylation is 1. The molecule has 8 nitrogen and oxygen atoms in total. The average molecular weight is 323 g/mol. The van der Waals surface area contributed by atoms with Crippen LogP contribution in [0.25, 0.3) is 0 Å². The van der Waals surface area contributed by atoms with Crippen molar-refractivity contribution in [3.05, 3.63) is 34.3 Å². The Morgan fingerprint density at radius 3 is 3.00 bits per heavy atom. The Morgan fingerprint density at radius 1 is 1.52 bits per heavy atom. The number of likely N-dealkylation sites (N-methyl/N-ethyl adjacent to an activating group) is 1. The van der Waals surface area contributed by atoms with Gasteiger partial charge in [-0.15, -0.1) is 0 Å². The maximum absolute atomic E-state index is 13.9.